The number of hydrogen-bond donors (Lipinski definition) is 3. The van der Waals surface area contributed by atoms with Gasteiger partial charge < -0.3 is 10.4 Å². The van der Waals surface area contributed by atoms with Crippen LogP contribution < -0.4 is 10.0 Å². The molecule has 1 aromatic heterocycles. The van der Waals surface area contributed by atoms with Crippen molar-refractivity contribution < 1.29 is 17.9 Å². The number of anilines is 1. The normalized spacial score (nSPS) is 11.4. The van der Waals surface area contributed by atoms with Crippen LogP contribution in [-0.2, 0) is 16.6 Å². The highest BCUT2D eigenvalue weighted by Gasteiger charge is 2.19. The first kappa shape index (κ1) is 17.3. The zero-order chi connectivity index (χ0) is 16.9. The maximum atomic E-state index is 13.4. The summed E-state index contributed by atoms with van der Waals surface area (Å²) in [7, 11) is -3.93. The van der Waals surface area contributed by atoms with Gasteiger partial charge in [0.05, 0.1) is 24.5 Å². The molecular formula is C15H18FN3O3S. The lowest BCUT2D eigenvalue weighted by molar-refractivity contribution is 0.311. The Hall–Kier alpha value is -2.03. The Morgan fingerprint density at radius 2 is 2.09 bits per heavy atom. The largest absolute Gasteiger partial charge is 0.395 e. The van der Waals surface area contributed by atoms with Crippen LogP contribution in [0.4, 0.5) is 10.1 Å². The van der Waals surface area contributed by atoms with E-state index in [1.807, 2.05) is 13.0 Å². The number of halogens is 1. The van der Waals surface area contributed by atoms with E-state index in [0.717, 1.165) is 17.7 Å². The standard InChI is InChI=1S/C15H18FN3O3S/c1-11-3-2-6-17-14(11)10-19-23(21,22)15-9-12(16)4-5-13(15)18-7-8-20/h2-6,9,18-20H,7-8,10H2,1H3. The molecule has 3 N–H and O–H groups in total. The summed E-state index contributed by atoms with van der Waals surface area (Å²) in [6.45, 7) is 1.82. The van der Waals surface area contributed by atoms with Crippen molar-refractivity contribution in [2.75, 3.05) is 18.5 Å². The van der Waals surface area contributed by atoms with Crippen molar-refractivity contribution in [3.63, 3.8) is 0 Å². The molecule has 2 rings (SSSR count). The van der Waals surface area contributed by atoms with Crippen LogP contribution in [0, 0.1) is 12.7 Å². The second kappa shape index (κ2) is 7.49. The maximum absolute atomic E-state index is 13.4. The third kappa shape index (κ3) is 4.47. The van der Waals surface area contributed by atoms with Crippen molar-refractivity contribution in [1.82, 2.24) is 9.71 Å². The van der Waals surface area contributed by atoms with Gasteiger partial charge in [0.2, 0.25) is 10.0 Å². The van der Waals surface area contributed by atoms with Gasteiger partial charge in [-0.1, -0.05) is 6.07 Å². The molecule has 0 aliphatic heterocycles. The number of aliphatic hydroxyl groups excluding tert-OH is 1. The van der Waals surface area contributed by atoms with Crippen LogP contribution >= 0.6 is 0 Å². The predicted octanol–water partition coefficient (Wildman–Crippen LogP) is 1.41. The number of pyridine rings is 1. The SMILES string of the molecule is Cc1cccnc1CNS(=O)(=O)c1cc(F)ccc1NCCO. The molecule has 1 aromatic carbocycles. The first-order chi connectivity index (χ1) is 10.9. The lowest BCUT2D eigenvalue weighted by atomic mass is 10.2. The summed E-state index contributed by atoms with van der Waals surface area (Å²) in [5.41, 5.74) is 1.68. The number of sulfonamides is 1. The highest BCUT2D eigenvalue weighted by molar-refractivity contribution is 7.89. The van der Waals surface area contributed by atoms with E-state index >= 15 is 0 Å². The van der Waals surface area contributed by atoms with E-state index in [1.54, 1.807) is 12.3 Å². The third-order valence-electron chi connectivity index (χ3n) is 3.21. The Labute approximate surface area is 134 Å². The van der Waals surface area contributed by atoms with Gasteiger partial charge in [0, 0.05) is 12.7 Å². The molecule has 0 fully saturated rings. The molecule has 0 saturated heterocycles. The second-order valence-electron chi connectivity index (χ2n) is 4.88. The van der Waals surface area contributed by atoms with E-state index in [1.165, 1.54) is 6.07 Å². The number of hydrogen-bond acceptors (Lipinski definition) is 5. The molecule has 23 heavy (non-hydrogen) atoms. The van der Waals surface area contributed by atoms with Crippen molar-refractivity contribution in [2.24, 2.45) is 0 Å². The van der Waals surface area contributed by atoms with E-state index in [-0.39, 0.29) is 30.3 Å². The van der Waals surface area contributed by atoms with Crippen molar-refractivity contribution in [2.45, 2.75) is 18.4 Å². The number of rotatable bonds is 7. The minimum Gasteiger partial charge on any atom is -0.395 e. The van der Waals surface area contributed by atoms with E-state index in [4.69, 9.17) is 5.11 Å². The number of benzene rings is 1. The molecule has 2 aromatic rings. The smallest absolute Gasteiger partial charge is 0.243 e. The summed E-state index contributed by atoms with van der Waals surface area (Å²) in [5, 5.41) is 11.6. The van der Waals surface area contributed by atoms with Gasteiger partial charge in [0.1, 0.15) is 10.7 Å². The number of aryl methyl sites for hydroxylation is 1. The maximum Gasteiger partial charge on any atom is 0.243 e. The zero-order valence-electron chi connectivity index (χ0n) is 12.6. The number of nitrogens with one attached hydrogen (secondary N) is 2. The molecule has 0 radical (unpaired) electrons. The van der Waals surface area contributed by atoms with Gasteiger partial charge in [0.15, 0.2) is 0 Å². The predicted molar refractivity (Wildman–Crippen MR) is 85.0 cm³/mol. The van der Waals surface area contributed by atoms with Crippen LogP contribution in [-0.4, -0.2) is 31.7 Å². The average Bonchev–Trinajstić information content (AvgIpc) is 2.53. The molecule has 8 heteroatoms. The van der Waals surface area contributed by atoms with Crippen molar-refractivity contribution in [3.05, 3.63) is 53.6 Å². The van der Waals surface area contributed by atoms with Gasteiger partial charge in [-0.15, -0.1) is 0 Å². The van der Waals surface area contributed by atoms with Crippen molar-refractivity contribution in [1.29, 1.82) is 0 Å². The Morgan fingerprint density at radius 3 is 2.78 bits per heavy atom. The second-order valence-corrected chi connectivity index (χ2v) is 6.62. The molecule has 6 nitrogen and oxygen atoms in total. The molecule has 0 aliphatic rings. The third-order valence-corrected chi connectivity index (χ3v) is 4.65. The molecule has 124 valence electrons. The molecule has 0 atom stereocenters. The lowest BCUT2D eigenvalue weighted by Crippen LogP contribution is -2.25. The quantitative estimate of drug-likeness (QED) is 0.709. The van der Waals surface area contributed by atoms with Crippen LogP contribution in [0.25, 0.3) is 0 Å². The highest BCUT2D eigenvalue weighted by Crippen LogP contribution is 2.22. The Bertz CT molecular complexity index is 781. The highest BCUT2D eigenvalue weighted by atomic mass is 32.2. The monoisotopic (exact) mass is 339 g/mol. The fourth-order valence-corrected chi connectivity index (χ4v) is 3.18. The van der Waals surface area contributed by atoms with E-state index < -0.39 is 15.8 Å². The van der Waals surface area contributed by atoms with Crippen LogP contribution in [0.5, 0.6) is 0 Å². The van der Waals surface area contributed by atoms with Crippen LogP contribution in [0.15, 0.2) is 41.4 Å². The number of aliphatic hydroxyl groups is 1. The molecular weight excluding hydrogens is 321 g/mol. The molecule has 0 saturated carbocycles. The van der Waals surface area contributed by atoms with Crippen molar-refractivity contribution in [3.8, 4) is 0 Å². The molecule has 0 spiro atoms. The summed E-state index contributed by atoms with van der Waals surface area (Å²) in [4.78, 5) is 3.91. The average molecular weight is 339 g/mol. The molecule has 0 unspecified atom stereocenters. The van der Waals surface area contributed by atoms with Gasteiger partial charge in [-0.05, 0) is 36.8 Å². The van der Waals surface area contributed by atoms with E-state index in [9.17, 15) is 12.8 Å². The summed E-state index contributed by atoms with van der Waals surface area (Å²) >= 11 is 0. The fourth-order valence-electron chi connectivity index (χ4n) is 2.00. The van der Waals surface area contributed by atoms with Gasteiger partial charge in [-0.2, -0.15) is 0 Å². The topological polar surface area (TPSA) is 91.3 Å². The minimum atomic E-state index is -3.93. The Kier molecular flexibility index (Phi) is 5.64. The first-order valence-electron chi connectivity index (χ1n) is 6.98. The van der Waals surface area contributed by atoms with Gasteiger partial charge in [0.25, 0.3) is 0 Å². The lowest BCUT2D eigenvalue weighted by Gasteiger charge is -2.13. The van der Waals surface area contributed by atoms with Crippen molar-refractivity contribution >= 4 is 15.7 Å². The molecule has 0 amide bonds. The number of aromatic nitrogens is 1. The Balaban J connectivity index is 2.25. The summed E-state index contributed by atoms with van der Waals surface area (Å²) < 4.78 is 40.8. The molecule has 1 heterocycles. The van der Waals surface area contributed by atoms with Crippen LogP contribution in [0.1, 0.15) is 11.3 Å². The first-order valence-corrected chi connectivity index (χ1v) is 8.47. The Morgan fingerprint density at radius 1 is 1.30 bits per heavy atom. The minimum absolute atomic E-state index is 0.00492. The van der Waals surface area contributed by atoms with Gasteiger partial charge in [-0.25, -0.2) is 17.5 Å². The van der Waals surface area contributed by atoms with Gasteiger partial charge >= 0.3 is 0 Å². The summed E-state index contributed by atoms with van der Waals surface area (Å²) in [6, 6.07) is 7.00. The van der Waals surface area contributed by atoms with E-state index in [0.29, 0.717) is 5.69 Å². The van der Waals surface area contributed by atoms with Gasteiger partial charge in [-0.3, -0.25) is 4.98 Å². The summed E-state index contributed by atoms with van der Waals surface area (Å²) in [5.74, 6) is -0.658. The molecule has 0 aliphatic carbocycles. The van der Waals surface area contributed by atoms with Crippen LogP contribution in [0.2, 0.25) is 0 Å². The number of nitrogens with zero attached hydrogens (tertiary/aromatic N) is 1. The van der Waals surface area contributed by atoms with E-state index in [2.05, 4.69) is 15.0 Å². The fraction of sp³-hybridized carbons (Fsp3) is 0.267. The summed E-state index contributed by atoms with van der Waals surface area (Å²) in [6.07, 6.45) is 1.58. The molecule has 0 bridgehead atoms. The zero-order valence-corrected chi connectivity index (χ0v) is 13.4. The van der Waals surface area contributed by atoms with Crippen LogP contribution in [0.3, 0.4) is 0 Å².